The highest BCUT2D eigenvalue weighted by atomic mass is 16.6. The average Bonchev–Trinajstić information content (AvgIpc) is 3.55. The van der Waals surface area contributed by atoms with Crippen molar-refractivity contribution in [2.24, 2.45) is 11.8 Å². The smallest absolute Gasteiger partial charge is 0.408 e. The molecule has 41 heavy (non-hydrogen) atoms. The summed E-state index contributed by atoms with van der Waals surface area (Å²) >= 11 is 0. The first-order valence-electron chi connectivity index (χ1n) is 14.6. The minimum absolute atomic E-state index is 0.109. The third-order valence-electron chi connectivity index (χ3n) is 6.93. The van der Waals surface area contributed by atoms with Gasteiger partial charge in [-0.2, -0.15) is 0 Å². The largest absolute Gasteiger partial charge is 0.467 e. The first-order valence-corrected chi connectivity index (χ1v) is 14.6. The van der Waals surface area contributed by atoms with Crippen LogP contribution in [-0.4, -0.2) is 84.4 Å². The molecule has 234 valence electrons. The van der Waals surface area contributed by atoms with Crippen LogP contribution in [0.2, 0.25) is 0 Å². The molecule has 12 nitrogen and oxygen atoms in total. The van der Waals surface area contributed by atoms with Crippen molar-refractivity contribution in [1.29, 1.82) is 0 Å². The van der Waals surface area contributed by atoms with Crippen molar-refractivity contribution in [1.82, 2.24) is 20.9 Å². The van der Waals surface area contributed by atoms with Gasteiger partial charge in [0.1, 0.15) is 17.2 Å². The molecule has 3 N–H and O–H groups in total. The normalized spacial score (nSPS) is 20.4. The van der Waals surface area contributed by atoms with Gasteiger partial charge in [-0.25, -0.2) is 14.4 Å². The maximum absolute atomic E-state index is 13.7. The molecule has 2 fully saturated rings. The van der Waals surface area contributed by atoms with E-state index in [4.69, 9.17) is 14.2 Å². The van der Waals surface area contributed by atoms with Gasteiger partial charge in [-0.15, -0.1) is 0 Å². The number of likely N-dealkylation sites (tertiary alicyclic amines) is 1. The quantitative estimate of drug-likeness (QED) is 0.180. The Morgan fingerprint density at radius 2 is 1.56 bits per heavy atom. The molecule has 1 aliphatic carbocycles. The van der Waals surface area contributed by atoms with Crippen molar-refractivity contribution in [2.45, 2.75) is 116 Å². The van der Waals surface area contributed by atoms with Crippen LogP contribution in [0.5, 0.6) is 0 Å². The second kappa shape index (κ2) is 14.2. The lowest BCUT2D eigenvalue weighted by molar-refractivity contribution is -0.148. The molecule has 0 aromatic heterocycles. The van der Waals surface area contributed by atoms with Crippen molar-refractivity contribution < 1.29 is 38.2 Å². The van der Waals surface area contributed by atoms with E-state index in [0.717, 1.165) is 19.3 Å². The summed E-state index contributed by atoms with van der Waals surface area (Å²) in [5, 5.41) is 8.26. The molecular weight excluding hydrogens is 532 g/mol. The number of carbonyl (C=O) groups is 5. The molecule has 2 aliphatic rings. The molecule has 4 amide bonds. The number of unbranched alkanes of at least 4 members (excludes halogenated alkanes) is 1. The Kier molecular flexibility index (Phi) is 11.8. The molecule has 1 unspecified atom stereocenters. The van der Waals surface area contributed by atoms with Crippen LogP contribution in [0.4, 0.5) is 9.59 Å². The minimum atomic E-state index is -1.46. The van der Waals surface area contributed by atoms with E-state index in [-0.39, 0.29) is 37.2 Å². The highest BCUT2D eigenvalue weighted by Crippen LogP contribution is 2.35. The lowest BCUT2D eigenvalue weighted by Gasteiger charge is -2.30. The molecule has 1 heterocycles. The molecule has 0 radical (unpaired) electrons. The topological polar surface area (TPSA) is 152 Å². The molecule has 2 rings (SSSR count). The number of carbonyl (C=O) groups excluding carboxylic acids is 5. The van der Waals surface area contributed by atoms with Crippen LogP contribution in [0.3, 0.4) is 0 Å². The van der Waals surface area contributed by atoms with Gasteiger partial charge in [-0.1, -0.05) is 19.8 Å². The Hall–Kier alpha value is -3.05. The Bertz CT molecular complexity index is 953. The summed E-state index contributed by atoms with van der Waals surface area (Å²) in [7, 11) is 1.22. The first kappa shape index (κ1) is 34.2. The fourth-order valence-corrected chi connectivity index (χ4v) is 4.74. The molecule has 0 aromatic rings. The summed E-state index contributed by atoms with van der Waals surface area (Å²) in [4.78, 5) is 65.4. The molecule has 1 aliphatic heterocycles. The maximum atomic E-state index is 13.7. The first-order chi connectivity index (χ1) is 18.9. The van der Waals surface area contributed by atoms with Gasteiger partial charge < -0.3 is 35.1 Å². The Morgan fingerprint density at radius 1 is 0.951 bits per heavy atom. The van der Waals surface area contributed by atoms with E-state index in [0.29, 0.717) is 31.7 Å². The number of hydrogen-bond acceptors (Lipinski definition) is 8. The molecule has 1 saturated heterocycles. The maximum Gasteiger partial charge on any atom is 0.408 e. The van der Waals surface area contributed by atoms with Crippen LogP contribution in [0.1, 0.15) is 93.4 Å². The number of nitrogens with zero attached hydrogens (tertiary/aromatic N) is 1. The van der Waals surface area contributed by atoms with Gasteiger partial charge in [-0.3, -0.25) is 9.59 Å². The van der Waals surface area contributed by atoms with E-state index in [1.54, 1.807) is 41.5 Å². The average molecular weight is 583 g/mol. The number of esters is 1. The predicted molar refractivity (Wildman–Crippen MR) is 152 cm³/mol. The molecule has 0 bridgehead atoms. The third kappa shape index (κ3) is 11.8. The van der Waals surface area contributed by atoms with Gasteiger partial charge in [0.05, 0.1) is 13.7 Å². The van der Waals surface area contributed by atoms with Crippen LogP contribution >= 0.6 is 0 Å². The predicted octanol–water partition coefficient (Wildman–Crippen LogP) is 3.27. The van der Waals surface area contributed by atoms with E-state index >= 15 is 0 Å². The van der Waals surface area contributed by atoms with Gasteiger partial charge in [0.2, 0.25) is 11.8 Å². The second-order valence-electron chi connectivity index (χ2n) is 13.3. The lowest BCUT2D eigenvalue weighted by atomic mass is 9.99. The Labute approximate surface area is 244 Å². The third-order valence-corrected chi connectivity index (χ3v) is 6.93. The van der Waals surface area contributed by atoms with Gasteiger partial charge in [-0.05, 0) is 73.1 Å². The molecular formula is C29H50N4O8. The summed E-state index contributed by atoms with van der Waals surface area (Å²) in [5.74, 6) is -0.873. The van der Waals surface area contributed by atoms with Crippen molar-refractivity contribution >= 4 is 30.0 Å². The van der Waals surface area contributed by atoms with Crippen molar-refractivity contribution in [3.8, 4) is 0 Å². The van der Waals surface area contributed by atoms with E-state index < -0.39 is 40.9 Å². The Balaban J connectivity index is 2.07. The van der Waals surface area contributed by atoms with E-state index in [1.807, 2.05) is 6.92 Å². The fourth-order valence-electron chi connectivity index (χ4n) is 4.74. The van der Waals surface area contributed by atoms with Crippen LogP contribution < -0.4 is 16.0 Å². The number of rotatable bonds is 12. The number of hydrogen-bond donors (Lipinski definition) is 3. The lowest BCUT2D eigenvalue weighted by Crippen LogP contribution is -2.58. The molecule has 3 atom stereocenters. The van der Waals surface area contributed by atoms with Crippen molar-refractivity contribution in [2.75, 3.05) is 26.7 Å². The van der Waals surface area contributed by atoms with Crippen LogP contribution in [0.15, 0.2) is 0 Å². The summed E-state index contributed by atoms with van der Waals surface area (Å²) in [6, 6.07) is -0.819. The standard InChI is InChI=1S/C29H50N4O8/c1-19(17-20-12-13-20)22(34)31-21(11-9-10-15-30-25(37)40-27(2,3)4)23(35)33-16-14-29(18-33,24(36)39-8)32-26(38)41-28(5,6)7/h19-21H,9-18H2,1-8H3,(H,30,37)(H,31,34)(H,32,38)/t19-,21-,29?/m1/s1. The van der Waals surface area contributed by atoms with Crippen LogP contribution in [0.25, 0.3) is 0 Å². The highest BCUT2D eigenvalue weighted by Gasteiger charge is 2.50. The summed E-state index contributed by atoms with van der Waals surface area (Å²) < 4.78 is 15.6. The summed E-state index contributed by atoms with van der Waals surface area (Å²) in [5.41, 5.74) is -2.84. The van der Waals surface area contributed by atoms with Crippen molar-refractivity contribution in [3.63, 3.8) is 0 Å². The molecule has 0 spiro atoms. The van der Waals surface area contributed by atoms with Gasteiger partial charge >= 0.3 is 18.2 Å². The minimum Gasteiger partial charge on any atom is -0.467 e. The van der Waals surface area contributed by atoms with Crippen molar-refractivity contribution in [3.05, 3.63) is 0 Å². The number of ether oxygens (including phenoxy) is 3. The summed E-state index contributed by atoms with van der Waals surface area (Å²) in [6.45, 7) is 12.8. The molecule has 1 saturated carbocycles. The number of alkyl carbamates (subject to hydrolysis) is 2. The van der Waals surface area contributed by atoms with E-state index in [2.05, 4.69) is 16.0 Å². The van der Waals surface area contributed by atoms with Crippen LogP contribution in [0, 0.1) is 11.8 Å². The Morgan fingerprint density at radius 3 is 2.12 bits per heavy atom. The fraction of sp³-hybridized carbons (Fsp3) is 0.828. The number of methoxy groups -OCH3 is 1. The zero-order valence-electron chi connectivity index (χ0n) is 26.0. The molecule has 0 aromatic carbocycles. The summed E-state index contributed by atoms with van der Waals surface area (Å²) in [6.07, 6.45) is 3.34. The van der Waals surface area contributed by atoms with Gasteiger partial charge in [0.25, 0.3) is 0 Å². The second-order valence-corrected chi connectivity index (χ2v) is 13.3. The number of nitrogens with one attached hydrogen (secondary N) is 3. The zero-order valence-corrected chi connectivity index (χ0v) is 26.0. The monoisotopic (exact) mass is 582 g/mol. The van der Waals surface area contributed by atoms with Gasteiger partial charge in [0, 0.05) is 25.4 Å². The van der Waals surface area contributed by atoms with Gasteiger partial charge in [0.15, 0.2) is 5.54 Å². The highest BCUT2D eigenvalue weighted by molar-refractivity contribution is 5.91. The van der Waals surface area contributed by atoms with Crippen LogP contribution in [-0.2, 0) is 28.6 Å². The molecule has 12 heteroatoms. The number of amides is 4. The zero-order chi connectivity index (χ0) is 31.0. The van der Waals surface area contributed by atoms with E-state index in [9.17, 15) is 24.0 Å². The SMILES string of the molecule is COC(=O)C1(NC(=O)OC(C)(C)C)CCN(C(=O)[C@@H](CCCCNC(=O)OC(C)(C)C)NC(=O)[C@H](C)CC2CC2)C1. The van der Waals surface area contributed by atoms with E-state index in [1.165, 1.54) is 12.0 Å².